The average Bonchev–Trinajstić information content (AvgIpc) is 3.58. The smallest absolute Gasteiger partial charge is 0.248 e. The van der Waals surface area contributed by atoms with Gasteiger partial charge in [0, 0.05) is 6.42 Å². The highest BCUT2D eigenvalue weighted by atomic mass is 35.5. The summed E-state index contributed by atoms with van der Waals surface area (Å²) < 4.78 is 0. The Bertz CT molecular complexity index is 1110. The molecule has 3 fully saturated rings. The van der Waals surface area contributed by atoms with E-state index < -0.39 is 11.9 Å². The van der Waals surface area contributed by atoms with E-state index in [-0.39, 0.29) is 41.9 Å². The first-order valence-electron chi connectivity index (χ1n) is 11.2. The van der Waals surface area contributed by atoms with Crippen LogP contribution >= 0.6 is 11.6 Å². The first-order chi connectivity index (χ1) is 15.5. The van der Waals surface area contributed by atoms with Gasteiger partial charge in [0.25, 0.3) is 0 Å². The highest BCUT2D eigenvalue weighted by Gasteiger charge is 2.67. The molecule has 1 N–H and O–H groups in total. The van der Waals surface area contributed by atoms with E-state index >= 15 is 0 Å². The molecular formula is C26H23ClN2O3. The minimum absolute atomic E-state index is 0.125. The average molecular weight is 447 g/mol. The number of imide groups is 1. The summed E-state index contributed by atoms with van der Waals surface area (Å²) in [6.45, 7) is 0. The number of rotatable bonds is 5. The Morgan fingerprint density at radius 3 is 2.16 bits per heavy atom. The van der Waals surface area contributed by atoms with Gasteiger partial charge in [-0.2, -0.15) is 0 Å². The second kappa shape index (κ2) is 7.31. The van der Waals surface area contributed by atoms with Crippen molar-refractivity contribution in [2.75, 3.05) is 5.32 Å². The Hall–Kier alpha value is -2.92. The molecule has 3 amide bonds. The monoisotopic (exact) mass is 446 g/mol. The van der Waals surface area contributed by atoms with Crippen LogP contribution in [0.2, 0.25) is 5.02 Å². The van der Waals surface area contributed by atoms with Crippen LogP contribution in [0.5, 0.6) is 0 Å². The summed E-state index contributed by atoms with van der Waals surface area (Å²) in [7, 11) is 0. The summed E-state index contributed by atoms with van der Waals surface area (Å²) in [5, 5.41) is 3.26. The highest BCUT2D eigenvalue weighted by molar-refractivity contribution is 6.33. The number of carbonyl (C=O) groups is 3. The van der Waals surface area contributed by atoms with Crippen molar-refractivity contribution >= 4 is 35.0 Å². The Balaban J connectivity index is 1.34. The van der Waals surface area contributed by atoms with Gasteiger partial charge in [-0.05, 0) is 47.8 Å². The van der Waals surface area contributed by atoms with Crippen LogP contribution in [0.25, 0.3) is 0 Å². The lowest BCUT2D eigenvalue weighted by atomic mass is 9.63. The molecule has 0 unspecified atom stereocenters. The lowest BCUT2D eigenvalue weighted by Gasteiger charge is -2.37. The van der Waals surface area contributed by atoms with Gasteiger partial charge in [0.1, 0.15) is 6.04 Å². The Morgan fingerprint density at radius 2 is 1.53 bits per heavy atom. The molecule has 4 aliphatic carbocycles. The second-order valence-electron chi connectivity index (χ2n) is 9.38. The number of amides is 3. The molecular weight excluding hydrogens is 424 g/mol. The molecule has 0 radical (unpaired) electrons. The van der Waals surface area contributed by atoms with E-state index in [0.717, 1.165) is 12.0 Å². The van der Waals surface area contributed by atoms with Crippen molar-refractivity contribution in [3.63, 3.8) is 0 Å². The summed E-state index contributed by atoms with van der Waals surface area (Å²) >= 11 is 6.25. The molecule has 32 heavy (non-hydrogen) atoms. The summed E-state index contributed by atoms with van der Waals surface area (Å²) in [5.74, 6) is -0.145. The zero-order valence-corrected chi connectivity index (χ0v) is 18.1. The molecule has 2 aromatic carbocycles. The van der Waals surface area contributed by atoms with E-state index in [1.165, 1.54) is 4.90 Å². The largest absolute Gasteiger partial charge is 0.323 e. The van der Waals surface area contributed by atoms with Crippen LogP contribution in [0.15, 0.2) is 66.7 Å². The molecule has 162 valence electrons. The zero-order valence-electron chi connectivity index (χ0n) is 17.4. The summed E-state index contributed by atoms with van der Waals surface area (Å²) in [6, 6.07) is 15.6. The van der Waals surface area contributed by atoms with E-state index in [1.807, 2.05) is 30.3 Å². The molecule has 0 aromatic heterocycles. The standard InChI is InChI=1S/C26H23ClN2O3/c27-19-8-4-5-9-20(19)28-24(30)21(12-14-6-2-1-3-7-14)29-25(31)22-15-10-11-16(18-13-17(15)18)23(22)26(29)32/h1-11,15-18,21-23H,12-13H2,(H,28,30)/t15-,16-,17-,18-,21-,22-,23+/m0/s1. The molecule has 2 saturated carbocycles. The predicted octanol–water partition coefficient (Wildman–Crippen LogP) is 3.94. The van der Waals surface area contributed by atoms with Gasteiger partial charge >= 0.3 is 0 Å². The van der Waals surface area contributed by atoms with Crippen molar-refractivity contribution in [2.24, 2.45) is 35.5 Å². The van der Waals surface area contributed by atoms with Crippen molar-refractivity contribution in [3.8, 4) is 0 Å². The quantitative estimate of drug-likeness (QED) is 0.558. The molecule has 7 rings (SSSR count). The number of halogens is 1. The third-order valence-electron chi connectivity index (χ3n) is 7.71. The number of nitrogens with one attached hydrogen (secondary N) is 1. The van der Waals surface area contributed by atoms with Gasteiger partial charge in [0.05, 0.1) is 22.5 Å². The fraction of sp³-hybridized carbons (Fsp3) is 0.346. The third kappa shape index (κ3) is 2.95. The van der Waals surface area contributed by atoms with Gasteiger partial charge < -0.3 is 5.32 Å². The number of anilines is 1. The molecule has 5 aliphatic rings. The maximum absolute atomic E-state index is 13.6. The first-order valence-corrected chi connectivity index (χ1v) is 11.6. The molecule has 1 heterocycles. The van der Waals surface area contributed by atoms with Crippen molar-refractivity contribution in [1.82, 2.24) is 4.90 Å². The van der Waals surface area contributed by atoms with Gasteiger partial charge in [-0.25, -0.2) is 0 Å². The van der Waals surface area contributed by atoms with Crippen LogP contribution in [0, 0.1) is 35.5 Å². The number of allylic oxidation sites excluding steroid dienone is 2. The maximum Gasteiger partial charge on any atom is 0.248 e. The predicted molar refractivity (Wildman–Crippen MR) is 121 cm³/mol. The van der Waals surface area contributed by atoms with Crippen LogP contribution in [0.1, 0.15) is 12.0 Å². The van der Waals surface area contributed by atoms with Crippen molar-refractivity contribution < 1.29 is 14.4 Å². The number of para-hydroxylation sites is 1. The van der Waals surface area contributed by atoms with Gasteiger partial charge in [-0.1, -0.05) is 66.2 Å². The van der Waals surface area contributed by atoms with Gasteiger partial charge in [-0.3, -0.25) is 19.3 Å². The summed E-state index contributed by atoms with van der Waals surface area (Å²) in [5.41, 5.74) is 1.36. The van der Waals surface area contributed by atoms with E-state index in [2.05, 4.69) is 17.5 Å². The number of nitrogens with zero attached hydrogens (tertiary/aromatic N) is 1. The third-order valence-corrected chi connectivity index (χ3v) is 8.04. The molecule has 5 nitrogen and oxygen atoms in total. The second-order valence-corrected chi connectivity index (χ2v) is 9.78. The topological polar surface area (TPSA) is 66.5 Å². The summed E-state index contributed by atoms with van der Waals surface area (Å²) in [6.07, 6.45) is 5.66. The fourth-order valence-corrected chi connectivity index (χ4v) is 6.39. The van der Waals surface area contributed by atoms with Crippen LogP contribution in [-0.4, -0.2) is 28.7 Å². The van der Waals surface area contributed by atoms with Gasteiger partial charge in [-0.15, -0.1) is 0 Å². The fourth-order valence-electron chi connectivity index (χ4n) is 6.20. The van der Waals surface area contributed by atoms with Crippen molar-refractivity contribution in [3.05, 3.63) is 77.3 Å². The Labute approximate surface area is 191 Å². The lowest BCUT2D eigenvalue weighted by Crippen LogP contribution is -2.49. The van der Waals surface area contributed by atoms with Crippen LogP contribution < -0.4 is 5.32 Å². The minimum atomic E-state index is -0.921. The number of likely N-dealkylation sites (tertiary alicyclic amines) is 1. The van der Waals surface area contributed by atoms with Crippen LogP contribution in [0.3, 0.4) is 0 Å². The number of carbonyl (C=O) groups excluding carboxylic acids is 3. The Kier molecular flexibility index (Phi) is 4.51. The van der Waals surface area contributed by atoms with Crippen molar-refractivity contribution in [1.29, 1.82) is 0 Å². The molecule has 0 spiro atoms. The lowest BCUT2D eigenvalue weighted by molar-refractivity contribution is -0.146. The molecule has 1 saturated heterocycles. The van der Waals surface area contributed by atoms with E-state index in [4.69, 9.17) is 11.6 Å². The maximum atomic E-state index is 13.6. The number of hydrogen-bond donors (Lipinski definition) is 1. The first kappa shape index (κ1) is 19.7. The van der Waals surface area contributed by atoms with Crippen LogP contribution in [-0.2, 0) is 20.8 Å². The van der Waals surface area contributed by atoms with E-state index in [9.17, 15) is 14.4 Å². The van der Waals surface area contributed by atoms with Gasteiger partial charge in [0.2, 0.25) is 17.7 Å². The molecule has 7 atom stereocenters. The highest BCUT2D eigenvalue weighted by Crippen LogP contribution is 2.65. The van der Waals surface area contributed by atoms with Gasteiger partial charge in [0.15, 0.2) is 0 Å². The molecule has 1 aliphatic heterocycles. The molecule has 2 aromatic rings. The Morgan fingerprint density at radius 1 is 0.938 bits per heavy atom. The van der Waals surface area contributed by atoms with E-state index in [1.54, 1.807) is 24.3 Å². The normalized spacial score (nSPS) is 32.5. The van der Waals surface area contributed by atoms with Crippen molar-refractivity contribution in [2.45, 2.75) is 18.9 Å². The van der Waals surface area contributed by atoms with Crippen LogP contribution in [0.4, 0.5) is 5.69 Å². The molecule has 2 bridgehead atoms. The number of benzene rings is 2. The molecule has 6 heteroatoms. The summed E-state index contributed by atoms with van der Waals surface area (Å²) in [4.78, 5) is 42.0. The number of hydrogen-bond acceptors (Lipinski definition) is 3. The SMILES string of the molecule is O=C(Nc1ccccc1Cl)[C@H](Cc1ccccc1)N1C(=O)[C@@H]2[C@H]3C=C[C@@H]([C@@H]4C[C@@H]34)[C@@H]2C1=O. The minimum Gasteiger partial charge on any atom is -0.323 e. The zero-order chi connectivity index (χ0) is 22.0. The van der Waals surface area contributed by atoms with E-state index in [0.29, 0.717) is 22.5 Å².